The van der Waals surface area contributed by atoms with E-state index in [-0.39, 0.29) is 17.5 Å². The maximum Gasteiger partial charge on any atom is 0.292 e. The second-order valence-corrected chi connectivity index (χ2v) is 11.2. The molecule has 0 unspecified atom stereocenters. The summed E-state index contributed by atoms with van der Waals surface area (Å²) < 4.78 is 32.8. The number of aromatic nitrogens is 1. The number of halogens is 1. The smallest absolute Gasteiger partial charge is 0.292 e. The van der Waals surface area contributed by atoms with Crippen LogP contribution < -0.4 is 16.0 Å². The van der Waals surface area contributed by atoms with Crippen LogP contribution in [-0.4, -0.2) is 80.1 Å². The maximum atomic E-state index is 12.8. The van der Waals surface area contributed by atoms with Gasteiger partial charge in [0, 0.05) is 36.3 Å². The topological polar surface area (TPSA) is 125 Å². The molecule has 2 saturated heterocycles. The van der Waals surface area contributed by atoms with Crippen molar-refractivity contribution in [2.24, 2.45) is 0 Å². The molecule has 0 spiro atoms. The Morgan fingerprint density at radius 1 is 1.15 bits per heavy atom. The number of piperazine rings is 1. The summed E-state index contributed by atoms with van der Waals surface area (Å²) in [5.74, 6) is -0.233. The number of amides is 1. The predicted molar refractivity (Wildman–Crippen MR) is 131 cm³/mol. The molecule has 0 aliphatic carbocycles. The lowest BCUT2D eigenvalue weighted by Gasteiger charge is -2.35. The first-order valence-electron chi connectivity index (χ1n) is 11.1. The Morgan fingerprint density at radius 2 is 1.88 bits per heavy atom. The van der Waals surface area contributed by atoms with Crippen LogP contribution in [0.15, 0.2) is 33.4 Å². The second-order valence-electron chi connectivity index (χ2n) is 8.29. The predicted octanol–water partition coefficient (Wildman–Crippen LogP) is 2.21. The lowest BCUT2D eigenvalue weighted by molar-refractivity contribution is 0.102. The first kappa shape index (κ1) is 24.0. The van der Waals surface area contributed by atoms with Crippen LogP contribution in [-0.2, 0) is 10.0 Å². The monoisotopic (exact) mass is 540 g/mol. The van der Waals surface area contributed by atoms with E-state index in [2.05, 4.69) is 36.0 Å². The van der Waals surface area contributed by atoms with E-state index >= 15 is 0 Å². The van der Waals surface area contributed by atoms with Crippen LogP contribution in [0.4, 0.5) is 17.4 Å². The molecule has 10 nitrogen and oxygen atoms in total. The van der Waals surface area contributed by atoms with E-state index < -0.39 is 15.9 Å². The van der Waals surface area contributed by atoms with Gasteiger partial charge in [-0.05, 0) is 73.0 Å². The number of carbonyl (C=O) groups excluding carboxylic acids is 1. The third-order valence-electron chi connectivity index (χ3n) is 6.03. The van der Waals surface area contributed by atoms with Gasteiger partial charge in [-0.3, -0.25) is 4.79 Å². The number of nitrogens with one attached hydrogen (secondary N) is 1. The SMILES string of the molecule is Nc1nc(C(=O)Nc2cc(N3CCN(S(=O)(=O)CCCN4CCCC4)CC3)ccc2Br)co1. The summed E-state index contributed by atoms with van der Waals surface area (Å²) in [5.41, 5.74) is 7.01. The number of anilines is 3. The molecular formula is C21H29BrN6O4S. The molecule has 33 heavy (non-hydrogen) atoms. The van der Waals surface area contributed by atoms with Gasteiger partial charge in [0.05, 0.1) is 11.4 Å². The molecule has 0 bridgehead atoms. The maximum absolute atomic E-state index is 12.8. The van der Waals surface area contributed by atoms with Crippen LogP contribution in [0.5, 0.6) is 0 Å². The molecule has 3 heterocycles. The Bertz CT molecular complexity index is 1080. The number of nitrogens with zero attached hydrogens (tertiary/aromatic N) is 4. The molecule has 0 radical (unpaired) electrons. The summed E-state index contributed by atoms with van der Waals surface area (Å²) in [7, 11) is -3.25. The lowest BCUT2D eigenvalue weighted by Crippen LogP contribution is -2.49. The summed E-state index contributed by atoms with van der Waals surface area (Å²) in [6, 6.07) is 5.57. The highest BCUT2D eigenvalue weighted by Gasteiger charge is 2.27. The van der Waals surface area contributed by atoms with E-state index in [1.165, 1.54) is 19.1 Å². The molecule has 0 saturated carbocycles. The number of oxazole rings is 1. The molecule has 12 heteroatoms. The number of carbonyl (C=O) groups is 1. The molecule has 2 fully saturated rings. The van der Waals surface area contributed by atoms with Crippen LogP contribution >= 0.6 is 15.9 Å². The third-order valence-corrected chi connectivity index (χ3v) is 8.67. The van der Waals surface area contributed by atoms with Crippen LogP contribution in [0.25, 0.3) is 0 Å². The van der Waals surface area contributed by atoms with Gasteiger partial charge in [0.25, 0.3) is 11.9 Å². The summed E-state index contributed by atoms with van der Waals surface area (Å²) in [4.78, 5) is 20.7. The molecule has 1 amide bonds. The second kappa shape index (κ2) is 10.4. The fraction of sp³-hybridized carbons (Fsp3) is 0.524. The fourth-order valence-electron chi connectivity index (χ4n) is 4.21. The number of sulfonamides is 1. The largest absolute Gasteiger partial charge is 0.431 e. The van der Waals surface area contributed by atoms with E-state index in [0.29, 0.717) is 38.3 Å². The van der Waals surface area contributed by atoms with E-state index in [0.717, 1.165) is 29.8 Å². The molecule has 4 rings (SSSR count). The van der Waals surface area contributed by atoms with Gasteiger partial charge in [0.1, 0.15) is 6.26 Å². The normalized spacial score (nSPS) is 18.0. The van der Waals surface area contributed by atoms with E-state index in [4.69, 9.17) is 10.2 Å². The fourth-order valence-corrected chi connectivity index (χ4v) is 6.03. The van der Waals surface area contributed by atoms with Crippen molar-refractivity contribution in [1.82, 2.24) is 14.2 Å². The number of hydrogen-bond acceptors (Lipinski definition) is 8. The van der Waals surface area contributed by atoms with Crippen molar-refractivity contribution in [1.29, 1.82) is 0 Å². The Morgan fingerprint density at radius 3 is 2.55 bits per heavy atom. The van der Waals surface area contributed by atoms with Gasteiger partial charge in [-0.1, -0.05) is 0 Å². The number of nitrogen functional groups attached to an aromatic ring is 1. The molecule has 0 atom stereocenters. The van der Waals surface area contributed by atoms with Crippen molar-refractivity contribution >= 4 is 49.2 Å². The van der Waals surface area contributed by atoms with Crippen molar-refractivity contribution in [2.45, 2.75) is 19.3 Å². The number of nitrogens with two attached hydrogens (primary N) is 1. The third kappa shape index (κ3) is 6.05. The van der Waals surface area contributed by atoms with Gasteiger partial charge >= 0.3 is 0 Å². The minimum Gasteiger partial charge on any atom is -0.431 e. The molecule has 180 valence electrons. The summed E-state index contributed by atoms with van der Waals surface area (Å²) in [5, 5.41) is 2.80. The standard InChI is InChI=1S/C21H29BrN6O4S/c22-17-5-4-16(14-18(17)24-20(29)19-15-32-21(23)25-19)27-9-11-28(12-10-27)33(30,31)13-3-8-26-6-1-2-7-26/h4-5,14-15H,1-3,6-13H2,(H2,23,25)(H,24,29). The number of rotatable bonds is 8. The van der Waals surface area contributed by atoms with Crippen LogP contribution in [0.3, 0.4) is 0 Å². The van der Waals surface area contributed by atoms with Gasteiger partial charge in [0.2, 0.25) is 10.0 Å². The van der Waals surface area contributed by atoms with E-state index in [1.54, 1.807) is 4.31 Å². The molecule has 1 aromatic carbocycles. The highest BCUT2D eigenvalue weighted by atomic mass is 79.9. The molecule has 2 aromatic rings. The quantitative estimate of drug-likeness (QED) is 0.521. The summed E-state index contributed by atoms with van der Waals surface area (Å²) in [6.45, 7) is 5.08. The van der Waals surface area contributed by atoms with Gasteiger partial charge in [0.15, 0.2) is 5.69 Å². The Labute approximate surface area is 202 Å². The van der Waals surface area contributed by atoms with Crippen LogP contribution in [0.2, 0.25) is 0 Å². The van der Waals surface area contributed by atoms with Gasteiger partial charge < -0.3 is 25.3 Å². The summed E-state index contributed by atoms with van der Waals surface area (Å²) >= 11 is 3.45. The molecule has 1 aromatic heterocycles. The van der Waals surface area contributed by atoms with Crippen molar-refractivity contribution in [3.05, 3.63) is 34.6 Å². The highest BCUT2D eigenvalue weighted by Crippen LogP contribution is 2.29. The van der Waals surface area contributed by atoms with E-state index in [1.807, 2.05) is 18.2 Å². The van der Waals surface area contributed by atoms with Crippen LogP contribution in [0.1, 0.15) is 29.8 Å². The van der Waals surface area contributed by atoms with Crippen LogP contribution in [0, 0.1) is 0 Å². The van der Waals surface area contributed by atoms with Crippen molar-refractivity contribution in [2.75, 3.05) is 67.5 Å². The zero-order valence-corrected chi connectivity index (χ0v) is 20.8. The molecule has 3 N–H and O–H groups in total. The zero-order chi connectivity index (χ0) is 23.4. The van der Waals surface area contributed by atoms with E-state index in [9.17, 15) is 13.2 Å². The molecule has 2 aliphatic heterocycles. The molecular weight excluding hydrogens is 512 g/mol. The van der Waals surface area contributed by atoms with Crippen molar-refractivity contribution in [3.8, 4) is 0 Å². The Kier molecular flexibility index (Phi) is 7.57. The first-order chi connectivity index (χ1) is 15.8. The molecule has 2 aliphatic rings. The average Bonchev–Trinajstić information content (AvgIpc) is 3.47. The Balaban J connectivity index is 1.32. The van der Waals surface area contributed by atoms with Gasteiger partial charge in [-0.2, -0.15) is 9.29 Å². The minimum absolute atomic E-state index is 0.0724. The highest BCUT2D eigenvalue weighted by molar-refractivity contribution is 9.10. The lowest BCUT2D eigenvalue weighted by atomic mass is 10.2. The average molecular weight is 541 g/mol. The number of hydrogen-bond donors (Lipinski definition) is 2. The zero-order valence-electron chi connectivity index (χ0n) is 18.4. The van der Waals surface area contributed by atoms with Gasteiger partial charge in [-0.25, -0.2) is 8.42 Å². The van der Waals surface area contributed by atoms with Gasteiger partial charge in [-0.15, -0.1) is 0 Å². The number of benzene rings is 1. The van der Waals surface area contributed by atoms with Crippen molar-refractivity contribution in [3.63, 3.8) is 0 Å². The Hall–Kier alpha value is -2.15. The number of likely N-dealkylation sites (tertiary alicyclic amines) is 1. The summed E-state index contributed by atoms with van der Waals surface area (Å²) in [6.07, 6.45) is 4.30. The first-order valence-corrected chi connectivity index (χ1v) is 13.5. The van der Waals surface area contributed by atoms with Crippen molar-refractivity contribution < 1.29 is 17.6 Å². The minimum atomic E-state index is -3.25.